The fourth-order valence-corrected chi connectivity index (χ4v) is 1.62. The predicted molar refractivity (Wildman–Crippen MR) is 70.2 cm³/mol. The minimum atomic E-state index is -0.940. The number of hydrogen-bond donors (Lipinski definition) is 2. The Hall–Kier alpha value is -1.62. The van der Waals surface area contributed by atoms with Crippen LogP contribution in [0.1, 0.15) is 39.3 Å². The number of hydrogen-bond acceptors (Lipinski definition) is 3. The van der Waals surface area contributed by atoms with Crippen molar-refractivity contribution in [1.82, 2.24) is 5.32 Å². The Balaban J connectivity index is 2.86. The average molecular weight is 269 g/mol. The number of carbonyl (C=O) groups is 1. The summed E-state index contributed by atoms with van der Waals surface area (Å²) < 4.78 is 18.8. The van der Waals surface area contributed by atoms with Gasteiger partial charge in [-0.05, 0) is 33.8 Å². The zero-order chi connectivity index (χ0) is 14.6. The van der Waals surface area contributed by atoms with Gasteiger partial charge in [-0.3, -0.25) is 0 Å². The van der Waals surface area contributed by atoms with Crippen molar-refractivity contribution >= 4 is 6.09 Å². The molecule has 0 saturated carbocycles. The van der Waals surface area contributed by atoms with E-state index in [-0.39, 0.29) is 5.56 Å². The third kappa shape index (κ3) is 4.87. The number of benzene rings is 1. The van der Waals surface area contributed by atoms with E-state index in [0.717, 1.165) is 0 Å². The molecule has 0 aliphatic heterocycles. The van der Waals surface area contributed by atoms with Crippen LogP contribution in [0.2, 0.25) is 0 Å². The van der Waals surface area contributed by atoms with E-state index >= 15 is 0 Å². The molecule has 4 nitrogen and oxygen atoms in total. The van der Waals surface area contributed by atoms with Crippen molar-refractivity contribution < 1.29 is 19.0 Å². The molecule has 2 N–H and O–H groups in total. The molecule has 1 aromatic rings. The predicted octanol–water partition coefficient (Wildman–Crippen LogP) is 2.77. The zero-order valence-electron chi connectivity index (χ0n) is 11.6. The summed E-state index contributed by atoms with van der Waals surface area (Å²) in [6.45, 7) is 6.67. The van der Waals surface area contributed by atoms with Crippen LogP contribution in [0.4, 0.5) is 9.18 Å². The Morgan fingerprint density at radius 2 is 1.95 bits per heavy atom. The van der Waals surface area contributed by atoms with E-state index in [9.17, 15) is 14.3 Å². The molecule has 1 amide bonds. The Kier molecular flexibility index (Phi) is 4.89. The molecule has 106 valence electrons. The van der Waals surface area contributed by atoms with E-state index in [4.69, 9.17) is 4.74 Å². The number of amides is 1. The summed E-state index contributed by atoms with van der Waals surface area (Å²) in [4.78, 5) is 11.7. The molecule has 1 rings (SSSR count). The third-order valence-corrected chi connectivity index (χ3v) is 2.39. The van der Waals surface area contributed by atoms with E-state index in [1.807, 2.05) is 0 Å². The van der Waals surface area contributed by atoms with E-state index in [0.29, 0.717) is 0 Å². The van der Waals surface area contributed by atoms with Crippen LogP contribution in [0.5, 0.6) is 0 Å². The van der Waals surface area contributed by atoms with Crippen molar-refractivity contribution in [1.29, 1.82) is 0 Å². The maximum Gasteiger partial charge on any atom is 0.408 e. The fourth-order valence-electron chi connectivity index (χ4n) is 1.62. The molecule has 0 saturated heterocycles. The Labute approximate surface area is 112 Å². The summed E-state index contributed by atoms with van der Waals surface area (Å²) in [5.74, 6) is -0.482. The first-order valence-electron chi connectivity index (χ1n) is 6.12. The summed E-state index contributed by atoms with van der Waals surface area (Å²) in [7, 11) is 0. The Morgan fingerprint density at radius 3 is 2.42 bits per heavy atom. The first kappa shape index (κ1) is 15.4. The Morgan fingerprint density at radius 1 is 1.37 bits per heavy atom. The van der Waals surface area contributed by atoms with Crippen LogP contribution in [-0.4, -0.2) is 22.9 Å². The molecular weight excluding hydrogens is 249 g/mol. The van der Waals surface area contributed by atoms with Gasteiger partial charge in [-0.25, -0.2) is 9.18 Å². The van der Waals surface area contributed by atoms with Crippen LogP contribution in [0.3, 0.4) is 0 Å². The first-order chi connectivity index (χ1) is 8.70. The highest BCUT2D eigenvalue weighted by molar-refractivity contribution is 5.68. The molecule has 2 unspecified atom stereocenters. The van der Waals surface area contributed by atoms with Crippen molar-refractivity contribution in [3.63, 3.8) is 0 Å². The lowest BCUT2D eigenvalue weighted by atomic mass is 10.0. The largest absolute Gasteiger partial charge is 0.444 e. The quantitative estimate of drug-likeness (QED) is 0.887. The maximum atomic E-state index is 13.7. The summed E-state index contributed by atoms with van der Waals surface area (Å²) >= 11 is 0. The summed E-state index contributed by atoms with van der Waals surface area (Å²) in [6, 6.07) is 5.14. The lowest BCUT2D eigenvalue weighted by Gasteiger charge is -2.25. The van der Waals surface area contributed by atoms with Gasteiger partial charge in [0.25, 0.3) is 0 Å². The van der Waals surface area contributed by atoms with E-state index < -0.39 is 29.7 Å². The summed E-state index contributed by atoms with van der Waals surface area (Å²) in [5, 5.41) is 12.2. The second-order valence-corrected chi connectivity index (χ2v) is 5.39. The molecule has 0 bridgehead atoms. The standard InChI is InChI=1S/C14H20FNO3/c1-9(17)12(10-7-5-6-8-11(10)15)16-13(18)19-14(2,3)4/h5-9,12,17H,1-4H3,(H,16,18). The average Bonchev–Trinajstić information content (AvgIpc) is 2.24. The molecule has 1 aromatic carbocycles. The van der Waals surface area contributed by atoms with Crippen LogP contribution >= 0.6 is 0 Å². The van der Waals surface area contributed by atoms with Gasteiger partial charge in [0.1, 0.15) is 11.4 Å². The molecule has 2 atom stereocenters. The third-order valence-electron chi connectivity index (χ3n) is 2.39. The van der Waals surface area contributed by atoms with Gasteiger partial charge in [0.05, 0.1) is 12.1 Å². The molecule has 0 radical (unpaired) electrons. The van der Waals surface area contributed by atoms with Gasteiger partial charge in [0, 0.05) is 5.56 Å². The maximum absolute atomic E-state index is 13.7. The van der Waals surface area contributed by atoms with Gasteiger partial charge >= 0.3 is 6.09 Å². The van der Waals surface area contributed by atoms with Crippen LogP contribution in [-0.2, 0) is 4.74 Å². The van der Waals surface area contributed by atoms with Crippen LogP contribution in [0.25, 0.3) is 0 Å². The summed E-state index contributed by atoms with van der Waals surface area (Å²) in [6.07, 6.45) is -1.63. The Bertz CT molecular complexity index is 441. The van der Waals surface area contributed by atoms with Crippen molar-refractivity contribution in [2.75, 3.05) is 0 Å². The van der Waals surface area contributed by atoms with Crippen molar-refractivity contribution in [2.24, 2.45) is 0 Å². The fraction of sp³-hybridized carbons (Fsp3) is 0.500. The van der Waals surface area contributed by atoms with Crippen LogP contribution in [0, 0.1) is 5.82 Å². The second-order valence-electron chi connectivity index (χ2n) is 5.39. The van der Waals surface area contributed by atoms with E-state index in [1.54, 1.807) is 32.9 Å². The molecule has 5 heteroatoms. The minimum Gasteiger partial charge on any atom is -0.444 e. The highest BCUT2D eigenvalue weighted by Crippen LogP contribution is 2.21. The number of nitrogens with one attached hydrogen (secondary N) is 1. The normalized spacial score (nSPS) is 14.6. The lowest BCUT2D eigenvalue weighted by Crippen LogP contribution is -2.39. The van der Waals surface area contributed by atoms with E-state index in [1.165, 1.54) is 19.1 Å². The van der Waals surface area contributed by atoms with Gasteiger partial charge in [-0.1, -0.05) is 18.2 Å². The van der Waals surface area contributed by atoms with Crippen LogP contribution in [0.15, 0.2) is 24.3 Å². The zero-order valence-corrected chi connectivity index (χ0v) is 11.6. The monoisotopic (exact) mass is 269 g/mol. The number of halogens is 1. The lowest BCUT2D eigenvalue weighted by molar-refractivity contribution is 0.0433. The number of aliphatic hydroxyl groups excluding tert-OH is 1. The molecule has 0 fully saturated rings. The highest BCUT2D eigenvalue weighted by Gasteiger charge is 2.25. The van der Waals surface area contributed by atoms with Gasteiger partial charge in [-0.15, -0.1) is 0 Å². The van der Waals surface area contributed by atoms with Gasteiger partial charge in [0.15, 0.2) is 0 Å². The summed E-state index contributed by atoms with van der Waals surface area (Å²) in [5.41, 5.74) is -0.425. The molecule has 0 aliphatic carbocycles. The van der Waals surface area contributed by atoms with E-state index in [2.05, 4.69) is 5.32 Å². The van der Waals surface area contributed by atoms with Gasteiger partial charge in [0.2, 0.25) is 0 Å². The molecule has 19 heavy (non-hydrogen) atoms. The molecule has 0 aromatic heterocycles. The topological polar surface area (TPSA) is 58.6 Å². The smallest absolute Gasteiger partial charge is 0.408 e. The number of ether oxygens (including phenoxy) is 1. The van der Waals surface area contributed by atoms with Crippen molar-refractivity contribution in [3.05, 3.63) is 35.6 Å². The van der Waals surface area contributed by atoms with Crippen molar-refractivity contribution in [3.8, 4) is 0 Å². The van der Waals surface area contributed by atoms with Crippen LogP contribution < -0.4 is 5.32 Å². The van der Waals surface area contributed by atoms with Gasteiger partial charge in [-0.2, -0.15) is 0 Å². The number of alkyl carbamates (subject to hydrolysis) is 1. The first-order valence-corrected chi connectivity index (χ1v) is 6.12. The molecule has 0 spiro atoms. The molecule has 0 aliphatic rings. The minimum absolute atomic E-state index is 0.225. The second kappa shape index (κ2) is 6.02. The SMILES string of the molecule is CC(O)C(NC(=O)OC(C)(C)C)c1ccccc1F. The number of aliphatic hydroxyl groups is 1. The number of rotatable bonds is 3. The van der Waals surface area contributed by atoms with Crippen molar-refractivity contribution in [2.45, 2.75) is 45.4 Å². The van der Waals surface area contributed by atoms with Gasteiger partial charge < -0.3 is 15.2 Å². The molecular formula is C14H20FNO3. The number of carbonyl (C=O) groups excluding carboxylic acids is 1. The highest BCUT2D eigenvalue weighted by atomic mass is 19.1. The molecule has 0 heterocycles.